The van der Waals surface area contributed by atoms with Gasteiger partial charge >= 0.3 is 0 Å². The molecule has 0 radical (unpaired) electrons. The summed E-state index contributed by atoms with van der Waals surface area (Å²) in [7, 11) is 0. The molecule has 2 aromatic rings. The third-order valence-corrected chi connectivity index (χ3v) is 3.84. The Hall–Kier alpha value is -1.61. The van der Waals surface area contributed by atoms with Gasteiger partial charge in [0.25, 0.3) is 0 Å². The van der Waals surface area contributed by atoms with Crippen molar-refractivity contribution in [3.63, 3.8) is 0 Å². The first-order valence-corrected chi connectivity index (χ1v) is 8.04. The standard InChI is InChI=1S/C18H27N3/c1-4-7-17(19-10-5-2)16-9-12-21(13-16)14-18-15(3)8-6-11-20-18/h6,8-9,11-13,17,19H,4-5,7,10,14H2,1-3H3. The number of aromatic nitrogens is 2. The normalized spacial score (nSPS) is 12.5. The van der Waals surface area contributed by atoms with Gasteiger partial charge in [-0.15, -0.1) is 0 Å². The number of aryl methyl sites for hydroxylation is 1. The Morgan fingerprint density at radius 1 is 1.24 bits per heavy atom. The molecule has 2 aromatic heterocycles. The molecule has 1 N–H and O–H groups in total. The lowest BCUT2D eigenvalue weighted by Gasteiger charge is -2.16. The van der Waals surface area contributed by atoms with Gasteiger partial charge in [-0.3, -0.25) is 4.98 Å². The highest BCUT2D eigenvalue weighted by molar-refractivity contribution is 5.20. The van der Waals surface area contributed by atoms with Crippen LogP contribution >= 0.6 is 0 Å². The highest BCUT2D eigenvalue weighted by atomic mass is 15.0. The quantitative estimate of drug-likeness (QED) is 0.792. The van der Waals surface area contributed by atoms with Gasteiger partial charge in [-0.05, 0) is 49.6 Å². The third kappa shape index (κ3) is 4.43. The lowest BCUT2D eigenvalue weighted by atomic mass is 10.1. The predicted molar refractivity (Wildman–Crippen MR) is 88.5 cm³/mol. The van der Waals surface area contributed by atoms with Crippen LogP contribution in [0.25, 0.3) is 0 Å². The van der Waals surface area contributed by atoms with Crippen molar-refractivity contribution in [2.24, 2.45) is 0 Å². The topological polar surface area (TPSA) is 29.9 Å². The Bertz CT molecular complexity index is 545. The highest BCUT2D eigenvalue weighted by Gasteiger charge is 2.11. The third-order valence-electron chi connectivity index (χ3n) is 3.84. The van der Waals surface area contributed by atoms with Gasteiger partial charge in [-0.25, -0.2) is 0 Å². The van der Waals surface area contributed by atoms with Crippen molar-refractivity contribution in [3.05, 3.63) is 53.6 Å². The molecule has 0 aliphatic carbocycles. The van der Waals surface area contributed by atoms with Crippen LogP contribution in [-0.4, -0.2) is 16.1 Å². The van der Waals surface area contributed by atoms with Gasteiger partial charge in [-0.1, -0.05) is 26.3 Å². The van der Waals surface area contributed by atoms with Crippen molar-refractivity contribution in [2.45, 2.75) is 52.6 Å². The maximum atomic E-state index is 4.48. The van der Waals surface area contributed by atoms with E-state index in [0.29, 0.717) is 6.04 Å². The molecule has 1 unspecified atom stereocenters. The molecule has 0 bridgehead atoms. The molecule has 0 fully saturated rings. The lowest BCUT2D eigenvalue weighted by Crippen LogP contribution is -2.21. The number of hydrogen-bond donors (Lipinski definition) is 1. The number of pyridine rings is 1. The number of rotatable bonds is 8. The van der Waals surface area contributed by atoms with Crippen LogP contribution in [-0.2, 0) is 6.54 Å². The molecule has 0 saturated heterocycles. The molecular weight excluding hydrogens is 258 g/mol. The van der Waals surface area contributed by atoms with Gasteiger partial charge in [0, 0.05) is 24.6 Å². The second-order valence-electron chi connectivity index (χ2n) is 5.68. The van der Waals surface area contributed by atoms with Crippen LogP contribution in [0.4, 0.5) is 0 Å². The Balaban J connectivity index is 2.07. The summed E-state index contributed by atoms with van der Waals surface area (Å²) in [5, 5.41) is 3.65. The minimum absolute atomic E-state index is 0.473. The van der Waals surface area contributed by atoms with E-state index in [-0.39, 0.29) is 0 Å². The van der Waals surface area contributed by atoms with Crippen LogP contribution in [0.15, 0.2) is 36.8 Å². The highest BCUT2D eigenvalue weighted by Crippen LogP contribution is 2.19. The van der Waals surface area contributed by atoms with Crippen LogP contribution in [0, 0.1) is 6.92 Å². The average molecular weight is 285 g/mol. The average Bonchev–Trinajstić information content (AvgIpc) is 2.94. The number of nitrogens with one attached hydrogen (secondary N) is 1. The first-order chi connectivity index (χ1) is 10.2. The fraction of sp³-hybridized carbons (Fsp3) is 0.500. The SMILES string of the molecule is CCCNC(CCC)c1ccn(Cc2ncccc2C)c1. The summed E-state index contributed by atoms with van der Waals surface area (Å²) < 4.78 is 2.24. The van der Waals surface area contributed by atoms with E-state index in [9.17, 15) is 0 Å². The van der Waals surface area contributed by atoms with Gasteiger partial charge in [-0.2, -0.15) is 0 Å². The summed E-state index contributed by atoms with van der Waals surface area (Å²) in [5.74, 6) is 0. The van der Waals surface area contributed by atoms with E-state index in [0.717, 1.165) is 18.8 Å². The van der Waals surface area contributed by atoms with Crippen molar-refractivity contribution in [3.8, 4) is 0 Å². The van der Waals surface area contributed by atoms with Crippen LogP contribution in [0.2, 0.25) is 0 Å². The monoisotopic (exact) mass is 285 g/mol. The molecule has 0 saturated carbocycles. The van der Waals surface area contributed by atoms with E-state index in [1.165, 1.54) is 30.4 Å². The van der Waals surface area contributed by atoms with Gasteiger partial charge in [0.05, 0.1) is 12.2 Å². The molecule has 2 rings (SSSR count). The summed E-state index contributed by atoms with van der Waals surface area (Å²) in [6, 6.07) is 6.82. The Kier molecular flexibility index (Phi) is 6.00. The Morgan fingerprint density at radius 2 is 2.10 bits per heavy atom. The molecule has 114 valence electrons. The van der Waals surface area contributed by atoms with Gasteiger partial charge in [0.2, 0.25) is 0 Å². The molecule has 0 amide bonds. The van der Waals surface area contributed by atoms with Crippen LogP contribution < -0.4 is 5.32 Å². The Labute approximate surface area is 128 Å². The fourth-order valence-electron chi connectivity index (χ4n) is 2.61. The second-order valence-corrected chi connectivity index (χ2v) is 5.68. The number of nitrogens with zero attached hydrogens (tertiary/aromatic N) is 2. The largest absolute Gasteiger partial charge is 0.348 e. The van der Waals surface area contributed by atoms with Crippen LogP contribution in [0.3, 0.4) is 0 Å². The molecule has 2 heterocycles. The van der Waals surface area contributed by atoms with Crippen LogP contribution in [0.1, 0.15) is 56.0 Å². The van der Waals surface area contributed by atoms with Crippen molar-refractivity contribution in [2.75, 3.05) is 6.54 Å². The van der Waals surface area contributed by atoms with Gasteiger partial charge in [0.15, 0.2) is 0 Å². The summed E-state index contributed by atoms with van der Waals surface area (Å²) in [4.78, 5) is 4.48. The molecular formula is C18H27N3. The lowest BCUT2D eigenvalue weighted by molar-refractivity contribution is 0.493. The Morgan fingerprint density at radius 3 is 2.81 bits per heavy atom. The summed E-state index contributed by atoms with van der Waals surface area (Å²) >= 11 is 0. The second kappa shape index (κ2) is 7.99. The zero-order chi connectivity index (χ0) is 15.1. The first kappa shape index (κ1) is 15.8. The zero-order valence-electron chi connectivity index (χ0n) is 13.5. The van der Waals surface area contributed by atoms with Crippen molar-refractivity contribution in [1.29, 1.82) is 0 Å². The summed E-state index contributed by atoms with van der Waals surface area (Å²) in [5.41, 5.74) is 3.79. The molecule has 0 spiro atoms. The van der Waals surface area contributed by atoms with Crippen molar-refractivity contribution in [1.82, 2.24) is 14.9 Å². The molecule has 21 heavy (non-hydrogen) atoms. The van der Waals surface area contributed by atoms with Gasteiger partial charge < -0.3 is 9.88 Å². The van der Waals surface area contributed by atoms with E-state index < -0.39 is 0 Å². The minimum Gasteiger partial charge on any atom is -0.348 e. The molecule has 3 heteroatoms. The molecule has 3 nitrogen and oxygen atoms in total. The molecule has 1 atom stereocenters. The van der Waals surface area contributed by atoms with Gasteiger partial charge in [0.1, 0.15) is 0 Å². The van der Waals surface area contributed by atoms with E-state index >= 15 is 0 Å². The van der Waals surface area contributed by atoms with E-state index in [2.05, 4.69) is 60.2 Å². The maximum absolute atomic E-state index is 4.48. The van der Waals surface area contributed by atoms with Crippen LogP contribution in [0.5, 0.6) is 0 Å². The van der Waals surface area contributed by atoms with E-state index in [4.69, 9.17) is 0 Å². The van der Waals surface area contributed by atoms with E-state index in [1.54, 1.807) is 0 Å². The molecule has 0 aliphatic rings. The fourth-order valence-corrected chi connectivity index (χ4v) is 2.61. The maximum Gasteiger partial charge on any atom is 0.0645 e. The first-order valence-electron chi connectivity index (χ1n) is 8.04. The molecule has 0 aromatic carbocycles. The minimum atomic E-state index is 0.473. The summed E-state index contributed by atoms with van der Waals surface area (Å²) in [6.07, 6.45) is 9.86. The summed E-state index contributed by atoms with van der Waals surface area (Å²) in [6.45, 7) is 8.50. The predicted octanol–water partition coefficient (Wildman–Crippen LogP) is 4.08. The number of hydrogen-bond acceptors (Lipinski definition) is 2. The van der Waals surface area contributed by atoms with E-state index in [1.807, 2.05) is 12.3 Å². The smallest absolute Gasteiger partial charge is 0.0645 e. The van der Waals surface area contributed by atoms with Crippen molar-refractivity contribution >= 4 is 0 Å². The zero-order valence-corrected chi connectivity index (χ0v) is 13.5. The molecule has 0 aliphatic heterocycles. The van der Waals surface area contributed by atoms with Crippen molar-refractivity contribution < 1.29 is 0 Å².